The molecule has 8 N–H and O–H groups in total. The standard InChI is InChI=1S/C27H32O16/c1-8-17(30)21(34)23(36)26(39-8)43-25-22(35)19(32)15(7-28)42-27(25)41-14-6-13-16(20(33)24(14)38-3)18(31)9-4-12(37-2)10(29)5-11(9)40-13/h4-6,8,15,17,19,21-23,25-30,32-36H,7H2,1-3H3/t8-,15-,17+,19-,21-,22-,23-,25-,26+,27-/m1/s1. The largest absolute Gasteiger partial charge is 0.504 e. The van der Waals surface area contributed by atoms with Crippen molar-refractivity contribution in [3.63, 3.8) is 0 Å². The van der Waals surface area contributed by atoms with E-state index in [1.54, 1.807) is 0 Å². The molecule has 16 heteroatoms. The first-order valence-corrected chi connectivity index (χ1v) is 13.1. The number of aliphatic hydroxyl groups is 6. The summed E-state index contributed by atoms with van der Waals surface area (Å²) in [6.45, 7) is 0.647. The van der Waals surface area contributed by atoms with Crippen LogP contribution >= 0.6 is 0 Å². The highest BCUT2D eigenvalue weighted by atomic mass is 16.8. The van der Waals surface area contributed by atoms with E-state index < -0.39 is 79.2 Å². The molecule has 43 heavy (non-hydrogen) atoms. The summed E-state index contributed by atoms with van der Waals surface area (Å²) in [6.07, 6.45) is -15.8. The number of phenolic OH excluding ortho intramolecular Hbond substituents is 2. The Balaban J connectivity index is 1.57. The Hall–Kier alpha value is -3.45. The molecule has 0 bridgehead atoms. The Morgan fingerprint density at radius 3 is 2.19 bits per heavy atom. The van der Waals surface area contributed by atoms with Gasteiger partial charge < -0.3 is 73.7 Å². The van der Waals surface area contributed by atoms with E-state index >= 15 is 0 Å². The second kappa shape index (κ2) is 11.9. The van der Waals surface area contributed by atoms with Gasteiger partial charge >= 0.3 is 0 Å². The predicted octanol–water partition coefficient (Wildman–Crippen LogP) is -1.59. The molecule has 0 amide bonds. The second-order valence-electron chi connectivity index (χ2n) is 10.2. The quantitative estimate of drug-likeness (QED) is 0.140. The zero-order valence-electron chi connectivity index (χ0n) is 23.1. The zero-order chi connectivity index (χ0) is 31.3. The summed E-state index contributed by atoms with van der Waals surface area (Å²) in [4.78, 5) is 13.3. The van der Waals surface area contributed by atoms with Crippen LogP contribution in [-0.2, 0) is 14.2 Å². The average Bonchev–Trinajstić information content (AvgIpc) is 2.97. The van der Waals surface area contributed by atoms with Gasteiger partial charge in [0.05, 0.1) is 32.3 Å². The minimum Gasteiger partial charge on any atom is -0.504 e. The zero-order valence-corrected chi connectivity index (χ0v) is 23.1. The highest BCUT2D eigenvalue weighted by molar-refractivity contribution is 5.96. The highest BCUT2D eigenvalue weighted by Crippen LogP contribution is 2.44. The first-order valence-electron chi connectivity index (χ1n) is 13.1. The number of aliphatic hydroxyl groups excluding tert-OH is 6. The number of ether oxygens (including phenoxy) is 6. The maximum absolute atomic E-state index is 13.3. The molecule has 2 aliphatic heterocycles. The number of phenols is 2. The lowest BCUT2D eigenvalue weighted by Crippen LogP contribution is -2.64. The molecule has 16 nitrogen and oxygen atoms in total. The molecular formula is C27H32O16. The van der Waals surface area contributed by atoms with Crippen molar-refractivity contribution in [1.29, 1.82) is 0 Å². The Kier molecular flexibility index (Phi) is 8.59. The van der Waals surface area contributed by atoms with Crippen molar-refractivity contribution in [2.24, 2.45) is 0 Å². The summed E-state index contributed by atoms with van der Waals surface area (Å²) in [7, 11) is 2.46. The van der Waals surface area contributed by atoms with Gasteiger partial charge in [0.2, 0.25) is 17.5 Å². The molecule has 2 fully saturated rings. The molecular weight excluding hydrogens is 580 g/mol. The summed E-state index contributed by atoms with van der Waals surface area (Å²) in [5, 5.41) is 82.7. The summed E-state index contributed by atoms with van der Waals surface area (Å²) in [5.41, 5.74) is -0.956. The molecule has 3 aromatic rings. The number of fused-ring (bicyclic) bond motifs is 2. The smallest absolute Gasteiger partial charge is 0.229 e. The SMILES string of the molecule is COc1cc2c(=O)c3c(O)c(OC)c(O[C@@H]4O[C@H](CO)[C@@H](O)[C@@H](O)[C@H]4O[C@@H]4O[C@H](C)[C@H](O)[C@@H](O)[C@H]4O)cc3oc2cc1O. The van der Waals surface area contributed by atoms with E-state index in [1.807, 2.05) is 0 Å². The molecule has 0 saturated carbocycles. The van der Waals surface area contributed by atoms with Crippen molar-refractivity contribution >= 4 is 21.9 Å². The third-order valence-corrected chi connectivity index (χ3v) is 7.53. The maximum atomic E-state index is 13.3. The van der Waals surface area contributed by atoms with Gasteiger partial charge in [0.1, 0.15) is 53.2 Å². The van der Waals surface area contributed by atoms with Crippen molar-refractivity contribution in [3.05, 3.63) is 28.4 Å². The number of methoxy groups -OCH3 is 2. The summed E-state index contributed by atoms with van der Waals surface area (Å²) in [6, 6.07) is 3.55. The predicted molar refractivity (Wildman–Crippen MR) is 142 cm³/mol. The fraction of sp³-hybridized carbons (Fsp3) is 0.519. The third-order valence-electron chi connectivity index (χ3n) is 7.53. The molecule has 0 aliphatic carbocycles. The summed E-state index contributed by atoms with van der Waals surface area (Å²) < 4.78 is 38.8. The van der Waals surface area contributed by atoms with Crippen LogP contribution in [0.1, 0.15) is 6.92 Å². The molecule has 10 atom stereocenters. The molecule has 236 valence electrons. The van der Waals surface area contributed by atoms with Gasteiger partial charge in [-0.05, 0) is 13.0 Å². The van der Waals surface area contributed by atoms with Crippen LogP contribution in [0.3, 0.4) is 0 Å². The average molecular weight is 613 g/mol. The Labute approximate surface area is 242 Å². The molecule has 1 aromatic heterocycles. The molecule has 0 unspecified atom stereocenters. The number of rotatable bonds is 7. The van der Waals surface area contributed by atoms with Crippen LogP contribution in [0.4, 0.5) is 0 Å². The van der Waals surface area contributed by atoms with Crippen LogP contribution in [0.15, 0.2) is 27.4 Å². The van der Waals surface area contributed by atoms with E-state index in [0.29, 0.717) is 0 Å². The van der Waals surface area contributed by atoms with Crippen LogP contribution in [-0.4, -0.2) is 123 Å². The van der Waals surface area contributed by atoms with Crippen molar-refractivity contribution in [1.82, 2.24) is 0 Å². The molecule has 2 aromatic carbocycles. The topological polar surface area (TPSA) is 247 Å². The first kappa shape index (κ1) is 31.0. The van der Waals surface area contributed by atoms with Crippen molar-refractivity contribution in [2.45, 2.75) is 68.3 Å². The van der Waals surface area contributed by atoms with Gasteiger partial charge in [-0.25, -0.2) is 0 Å². The van der Waals surface area contributed by atoms with Gasteiger partial charge in [0.25, 0.3) is 0 Å². The van der Waals surface area contributed by atoms with Crippen molar-refractivity contribution in [3.8, 4) is 28.7 Å². The number of hydrogen-bond donors (Lipinski definition) is 8. The fourth-order valence-electron chi connectivity index (χ4n) is 5.12. The summed E-state index contributed by atoms with van der Waals surface area (Å²) >= 11 is 0. The molecule has 0 radical (unpaired) electrons. The normalized spacial score (nSPS) is 33.0. The molecule has 3 heterocycles. The van der Waals surface area contributed by atoms with E-state index in [0.717, 1.165) is 12.1 Å². The fourth-order valence-corrected chi connectivity index (χ4v) is 5.12. The van der Waals surface area contributed by atoms with E-state index in [1.165, 1.54) is 27.2 Å². The minimum atomic E-state index is -1.81. The van der Waals surface area contributed by atoms with E-state index in [2.05, 4.69) is 0 Å². The van der Waals surface area contributed by atoms with Crippen molar-refractivity contribution in [2.75, 3.05) is 20.8 Å². The van der Waals surface area contributed by atoms with E-state index in [9.17, 15) is 45.6 Å². The van der Waals surface area contributed by atoms with Gasteiger partial charge in [0.15, 0.2) is 35.4 Å². The van der Waals surface area contributed by atoms with Crippen LogP contribution in [0.25, 0.3) is 21.9 Å². The first-order chi connectivity index (χ1) is 20.4. The second-order valence-corrected chi connectivity index (χ2v) is 10.2. The Morgan fingerprint density at radius 2 is 1.53 bits per heavy atom. The lowest BCUT2D eigenvalue weighted by Gasteiger charge is -2.45. The number of aromatic hydroxyl groups is 2. The van der Waals surface area contributed by atoms with E-state index in [-0.39, 0.29) is 44.9 Å². The van der Waals surface area contributed by atoms with Gasteiger partial charge in [0, 0.05) is 12.1 Å². The van der Waals surface area contributed by atoms with Gasteiger partial charge in [-0.2, -0.15) is 0 Å². The molecule has 2 saturated heterocycles. The molecule has 2 aliphatic rings. The molecule has 0 spiro atoms. The van der Waals surface area contributed by atoms with Crippen molar-refractivity contribution < 1.29 is 73.7 Å². The Bertz CT molecular complexity index is 1540. The highest BCUT2D eigenvalue weighted by Gasteiger charge is 2.51. The molecule has 5 rings (SSSR count). The minimum absolute atomic E-state index is 0.00582. The maximum Gasteiger partial charge on any atom is 0.229 e. The third kappa shape index (κ3) is 5.30. The lowest BCUT2D eigenvalue weighted by atomic mass is 9.97. The van der Waals surface area contributed by atoms with Gasteiger partial charge in [-0.3, -0.25) is 4.79 Å². The van der Waals surface area contributed by atoms with Gasteiger partial charge in [-0.15, -0.1) is 0 Å². The van der Waals surface area contributed by atoms with Gasteiger partial charge in [-0.1, -0.05) is 0 Å². The Morgan fingerprint density at radius 1 is 0.814 bits per heavy atom. The van der Waals surface area contributed by atoms with Crippen LogP contribution < -0.4 is 19.6 Å². The lowest BCUT2D eigenvalue weighted by molar-refractivity contribution is -0.354. The monoisotopic (exact) mass is 612 g/mol. The van der Waals surface area contributed by atoms with Crippen LogP contribution in [0.2, 0.25) is 0 Å². The number of benzene rings is 2. The van der Waals surface area contributed by atoms with Crippen LogP contribution in [0.5, 0.6) is 28.7 Å². The summed E-state index contributed by atoms with van der Waals surface area (Å²) in [5.74, 6) is -1.69. The van der Waals surface area contributed by atoms with E-state index in [4.69, 9.17) is 32.8 Å². The number of hydrogen-bond acceptors (Lipinski definition) is 16. The van der Waals surface area contributed by atoms with Crippen LogP contribution in [0, 0.1) is 0 Å².